The van der Waals surface area contributed by atoms with Gasteiger partial charge in [-0.15, -0.1) is 0 Å². The third-order valence-electron chi connectivity index (χ3n) is 3.45. The minimum absolute atomic E-state index is 0.351. The molecule has 0 aromatic carbocycles. The molecular weight excluding hydrogens is 396 g/mol. The van der Waals surface area contributed by atoms with Crippen molar-refractivity contribution in [3.05, 3.63) is 0 Å². The molecule has 0 saturated carbocycles. The van der Waals surface area contributed by atoms with Crippen LogP contribution in [0.25, 0.3) is 0 Å². The predicted octanol–water partition coefficient (Wildman–Crippen LogP) is -2.02. The van der Waals surface area contributed by atoms with Crippen LogP contribution in [-0.4, -0.2) is 89.2 Å². The second kappa shape index (κ2) is 14.5. The fourth-order valence-electron chi connectivity index (χ4n) is 1.88. The zero-order valence-electron chi connectivity index (χ0n) is 15.4. The number of rotatable bonds is 14. The SMILES string of the molecule is CSCCC(N)C(=O)NC(CCSC)C(=O)NCC(=O)NC(CO)C(=O)O. The van der Waals surface area contributed by atoms with Gasteiger partial charge in [-0.1, -0.05) is 0 Å². The third-order valence-corrected chi connectivity index (χ3v) is 4.74. The number of aliphatic hydroxyl groups is 1. The van der Waals surface area contributed by atoms with Gasteiger partial charge in [-0.3, -0.25) is 14.4 Å². The van der Waals surface area contributed by atoms with Crippen molar-refractivity contribution in [1.82, 2.24) is 16.0 Å². The molecule has 0 aliphatic carbocycles. The molecule has 27 heavy (non-hydrogen) atoms. The summed E-state index contributed by atoms with van der Waals surface area (Å²) in [6.07, 6.45) is 4.58. The predicted molar refractivity (Wildman–Crippen MR) is 106 cm³/mol. The summed E-state index contributed by atoms with van der Waals surface area (Å²) >= 11 is 3.06. The van der Waals surface area contributed by atoms with Crippen LogP contribution in [0.5, 0.6) is 0 Å². The number of hydrogen-bond acceptors (Lipinski definition) is 8. The van der Waals surface area contributed by atoms with Gasteiger partial charge >= 0.3 is 5.97 Å². The molecule has 0 radical (unpaired) electrons. The van der Waals surface area contributed by atoms with E-state index in [0.717, 1.165) is 0 Å². The number of nitrogens with one attached hydrogen (secondary N) is 3. The van der Waals surface area contributed by atoms with Crippen LogP contribution in [-0.2, 0) is 19.2 Å². The van der Waals surface area contributed by atoms with Gasteiger partial charge in [-0.25, -0.2) is 4.79 Å². The molecule has 0 fully saturated rings. The lowest BCUT2D eigenvalue weighted by atomic mass is 10.1. The zero-order chi connectivity index (χ0) is 20.8. The number of nitrogens with two attached hydrogens (primary N) is 1. The van der Waals surface area contributed by atoms with Crippen molar-refractivity contribution in [2.24, 2.45) is 5.73 Å². The maximum atomic E-state index is 12.3. The summed E-state index contributed by atoms with van der Waals surface area (Å²) in [6.45, 7) is -1.25. The lowest BCUT2D eigenvalue weighted by molar-refractivity contribution is -0.142. The van der Waals surface area contributed by atoms with E-state index in [2.05, 4.69) is 16.0 Å². The highest BCUT2D eigenvalue weighted by molar-refractivity contribution is 7.98. The number of aliphatic hydroxyl groups excluding tert-OH is 1. The van der Waals surface area contributed by atoms with Crippen molar-refractivity contribution in [3.63, 3.8) is 0 Å². The van der Waals surface area contributed by atoms with Gasteiger partial charge in [-0.05, 0) is 36.9 Å². The maximum absolute atomic E-state index is 12.3. The fraction of sp³-hybridized carbons (Fsp3) is 0.733. The number of hydrogen-bond donors (Lipinski definition) is 6. The number of amides is 3. The lowest BCUT2D eigenvalue weighted by Crippen LogP contribution is -2.54. The Bertz CT molecular complexity index is 509. The number of carbonyl (C=O) groups excluding carboxylic acids is 3. The molecule has 3 unspecified atom stereocenters. The smallest absolute Gasteiger partial charge is 0.328 e. The Kier molecular flexibility index (Phi) is 13.7. The standard InChI is InChI=1S/C15H28N4O6S2/c1-26-5-3-9(16)13(22)19-10(4-6-27-2)14(23)17-7-12(21)18-11(8-20)15(24)25/h9-11,20H,3-8,16H2,1-2H3,(H,17,23)(H,18,21)(H,19,22)(H,24,25). The first kappa shape index (κ1) is 25.5. The first-order valence-electron chi connectivity index (χ1n) is 8.21. The summed E-state index contributed by atoms with van der Waals surface area (Å²) in [6, 6.07) is -3.03. The van der Waals surface area contributed by atoms with E-state index in [9.17, 15) is 19.2 Å². The molecule has 0 spiro atoms. The molecule has 0 rings (SSSR count). The van der Waals surface area contributed by atoms with Gasteiger partial charge in [0.05, 0.1) is 19.2 Å². The van der Waals surface area contributed by atoms with E-state index in [0.29, 0.717) is 24.3 Å². The fourth-order valence-corrected chi connectivity index (χ4v) is 2.84. The molecule has 0 aromatic heterocycles. The van der Waals surface area contributed by atoms with Crippen molar-refractivity contribution < 1.29 is 29.4 Å². The minimum Gasteiger partial charge on any atom is -0.480 e. The van der Waals surface area contributed by atoms with Crippen LogP contribution in [0.4, 0.5) is 0 Å². The Morgan fingerprint density at radius 2 is 1.56 bits per heavy atom. The van der Waals surface area contributed by atoms with Gasteiger partial charge in [0, 0.05) is 0 Å². The van der Waals surface area contributed by atoms with Gasteiger partial charge in [0.25, 0.3) is 0 Å². The Labute approximate surface area is 166 Å². The van der Waals surface area contributed by atoms with Crippen molar-refractivity contribution in [1.29, 1.82) is 0 Å². The van der Waals surface area contributed by atoms with Crippen LogP contribution in [0.3, 0.4) is 0 Å². The van der Waals surface area contributed by atoms with Gasteiger partial charge in [-0.2, -0.15) is 23.5 Å². The number of carbonyl (C=O) groups is 4. The Balaban J connectivity index is 4.66. The molecule has 0 bridgehead atoms. The van der Waals surface area contributed by atoms with Gasteiger partial charge in [0.2, 0.25) is 17.7 Å². The second-order valence-electron chi connectivity index (χ2n) is 5.59. The molecule has 0 heterocycles. The molecule has 0 aliphatic heterocycles. The van der Waals surface area contributed by atoms with Crippen LogP contribution in [0.15, 0.2) is 0 Å². The maximum Gasteiger partial charge on any atom is 0.328 e. The highest BCUT2D eigenvalue weighted by Gasteiger charge is 2.24. The molecule has 10 nitrogen and oxygen atoms in total. The van der Waals surface area contributed by atoms with Crippen molar-refractivity contribution in [2.75, 3.05) is 37.2 Å². The van der Waals surface area contributed by atoms with E-state index in [1.165, 1.54) is 11.8 Å². The van der Waals surface area contributed by atoms with E-state index in [-0.39, 0.29) is 0 Å². The van der Waals surface area contributed by atoms with Gasteiger partial charge in [0.1, 0.15) is 12.1 Å². The highest BCUT2D eigenvalue weighted by atomic mass is 32.2. The van der Waals surface area contributed by atoms with E-state index >= 15 is 0 Å². The van der Waals surface area contributed by atoms with Crippen LogP contribution >= 0.6 is 23.5 Å². The van der Waals surface area contributed by atoms with E-state index in [4.69, 9.17) is 15.9 Å². The summed E-state index contributed by atoms with van der Waals surface area (Å²) in [4.78, 5) is 46.9. The summed E-state index contributed by atoms with van der Waals surface area (Å²) < 4.78 is 0. The molecule has 156 valence electrons. The average Bonchev–Trinajstić information content (AvgIpc) is 2.64. The number of thioether (sulfide) groups is 2. The topological polar surface area (TPSA) is 171 Å². The molecule has 0 saturated heterocycles. The van der Waals surface area contributed by atoms with E-state index < -0.39 is 55.0 Å². The summed E-state index contributed by atoms with van der Waals surface area (Å²) in [5, 5.41) is 24.7. The summed E-state index contributed by atoms with van der Waals surface area (Å²) in [5.41, 5.74) is 5.80. The van der Waals surface area contributed by atoms with Crippen molar-refractivity contribution in [2.45, 2.75) is 31.0 Å². The highest BCUT2D eigenvalue weighted by Crippen LogP contribution is 2.03. The lowest BCUT2D eigenvalue weighted by Gasteiger charge is -2.20. The van der Waals surface area contributed by atoms with Crippen LogP contribution in [0, 0.1) is 0 Å². The first-order valence-corrected chi connectivity index (χ1v) is 11.0. The molecule has 7 N–H and O–H groups in total. The minimum atomic E-state index is -1.45. The van der Waals surface area contributed by atoms with Gasteiger partial charge in [0.15, 0.2) is 0 Å². The van der Waals surface area contributed by atoms with Gasteiger partial charge < -0.3 is 31.9 Å². The van der Waals surface area contributed by atoms with Crippen LogP contribution < -0.4 is 21.7 Å². The van der Waals surface area contributed by atoms with E-state index in [1.54, 1.807) is 11.8 Å². The molecule has 0 aliphatic rings. The van der Waals surface area contributed by atoms with E-state index in [1.807, 2.05) is 12.5 Å². The average molecular weight is 425 g/mol. The molecular formula is C15H28N4O6S2. The van der Waals surface area contributed by atoms with Crippen molar-refractivity contribution in [3.8, 4) is 0 Å². The number of carboxylic acids is 1. The molecule has 3 atom stereocenters. The quantitative estimate of drug-likeness (QED) is 0.184. The monoisotopic (exact) mass is 424 g/mol. The number of carboxylic acid groups (broad SMARTS) is 1. The van der Waals surface area contributed by atoms with Crippen molar-refractivity contribution >= 4 is 47.2 Å². The van der Waals surface area contributed by atoms with Crippen LogP contribution in [0.2, 0.25) is 0 Å². The largest absolute Gasteiger partial charge is 0.480 e. The normalized spacial score (nSPS) is 13.9. The second-order valence-corrected chi connectivity index (χ2v) is 7.56. The summed E-state index contributed by atoms with van der Waals surface area (Å²) in [5.74, 6) is -1.85. The number of aliphatic carboxylic acids is 1. The molecule has 12 heteroatoms. The Hall–Kier alpha value is -1.50. The summed E-state index contributed by atoms with van der Waals surface area (Å²) in [7, 11) is 0. The third kappa shape index (κ3) is 11.1. The zero-order valence-corrected chi connectivity index (χ0v) is 17.0. The molecule has 0 aromatic rings. The Morgan fingerprint density at radius 3 is 2.07 bits per heavy atom. The first-order chi connectivity index (χ1) is 12.8. The van der Waals surface area contributed by atoms with Crippen LogP contribution in [0.1, 0.15) is 12.8 Å². The Morgan fingerprint density at radius 1 is 0.963 bits per heavy atom. The molecule has 3 amide bonds.